The summed E-state index contributed by atoms with van der Waals surface area (Å²) in [6, 6.07) is 14.8. The van der Waals surface area contributed by atoms with Gasteiger partial charge in [-0.05, 0) is 36.2 Å². The molecular weight excluding hydrogens is 364 g/mol. The topological polar surface area (TPSA) is 58.1 Å². The van der Waals surface area contributed by atoms with Crippen molar-refractivity contribution >= 4 is 11.6 Å². The standard InChI is InChI=1S/C23H32N4O2/c1-17-8-9-19(22(12-17)29-21-10-11-28-16-21)15-26-23(24-2)25-14-18-6-5-7-20(13-18)27(3)4/h5-9,12-13,21H,10-11,14-16H2,1-4H3,(H2,24,25,26). The van der Waals surface area contributed by atoms with Crippen LogP contribution in [0.25, 0.3) is 0 Å². The number of nitrogens with zero attached hydrogens (tertiary/aromatic N) is 2. The molecule has 0 aromatic heterocycles. The predicted molar refractivity (Wildman–Crippen MR) is 119 cm³/mol. The van der Waals surface area contributed by atoms with Gasteiger partial charge in [0.25, 0.3) is 0 Å². The third kappa shape index (κ3) is 6.12. The third-order valence-electron chi connectivity index (χ3n) is 4.96. The molecule has 0 radical (unpaired) electrons. The van der Waals surface area contributed by atoms with Crippen LogP contribution in [-0.2, 0) is 17.8 Å². The molecular formula is C23H32N4O2. The Balaban J connectivity index is 1.58. The van der Waals surface area contributed by atoms with E-state index in [1.165, 1.54) is 16.8 Å². The number of aliphatic imine (C=N–C) groups is 1. The molecule has 1 heterocycles. The number of guanidine groups is 1. The number of nitrogens with one attached hydrogen (secondary N) is 2. The van der Waals surface area contributed by atoms with Crippen molar-refractivity contribution in [2.75, 3.05) is 39.3 Å². The molecule has 1 atom stereocenters. The van der Waals surface area contributed by atoms with Gasteiger partial charge in [-0.3, -0.25) is 4.99 Å². The highest BCUT2D eigenvalue weighted by Gasteiger charge is 2.18. The Labute approximate surface area is 173 Å². The quantitative estimate of drug-likeness (QED) is 0.556. The van der Waals surface area contributed by atoms with Gasteiger partial charge in [0, 0.05) is 51.9 Å². The van der Waals surface area contributed by atoms with Crippen LogP contribution < -0.4 is 20.3 Å². The van der Waals surface area contributed by atoms with Crippen molar-refractivity contribution in [1.29, 1.82) is 0 Å². The summed E-state index contributed by atoms with van der Waals surface area (Å²) in [7, 11) is 5.88. The van der Waals surface area contributed by atoms with Crippen LogP contribution in [0.2, 0.25) is 0 Å². The van der Waals surface area contributed by atoms with Gasteiger partial charge in [0.05, 0.1) is 13.2 Å². The number of ether oxygens (including phenoxy) is 2. The second-order valence-electron chi connectivity index (χ2n) is 7.56. The van der Waals surface area contributed by atoms with E-state index < -0.39 is 0 Å². The molecule has 2 aromatic rings. The first-order chi connectivity index (χ1) is 14.0. The lowest BCUT2D eigenvalue weighted by molar-refractivity contribution is 0.140. The van der Waals surface area contributed by atoms with Crippen LogP contribution in [0.15, 0.2) is 47.5 Å². The fourth-order valence-corrected chi connectivity index (χ4v) is 3.23. The van der Waals surface area contributed by atoms with Gasteiger partial charge in [0.1, 0.15) is 11.9 Å². The van der Waals surface area contributed by atoms with Crippen LogP contribution in [0.4, 0.5) is 5.69 Å². The zero-order valence-corrected chi connectivity index (χ0v) is 17.9. The van der Waals surface area contributed by atoms with Crippen molar-refractivity contribution in [2.45, 2.75) is 32.5 Å². The molecule has 2 aromatic carbocycles. The highest BCUT2D eigenvalue weighted by atomic mass is 16.5. The summed E-state index contributed by atoms with van der Waals surface area (Å²) < 4.78 is 11.6. The van der Waals surface area contributed by atoms with E-state index in [1.54, 1.807) is 7.05 Å². The number of hydrogen-bond acceptors (Lipinski definition) is 4. The van der Waals surface area contributed by atoms with Crippen molar-refractivity contribution in [3.05, 3.63) is 59.2 Å². The molecule has 2 N–H and O–H groups in total. The molecule has 6 heteroatoms. The average Bonchev–Trinajstić information content (AvgIpc) is 3.22. The maximum atomic E-state index is 6.19. The fourth-order valence-electron chi connectivity index (χ4n) is 3.23. The molecule has 1 aliphatic heterocycles. The number of hydrogen-bond donors (Lipinski definition) is 2. The second-order valence-corrected chi connectivity index (χ2v) is 7.56. The third-order valence-corrected chi connectivity index (χ3v) is 4.96. The first-order valence-corrected chi connectivity index (χ1v) is 10.1. The Morgan fingerprint density at radius 2 is 2.00 bits per heavy atom. The first-order valence-electron chi connectivity index (χ1n) is 10.1. The molecule has 6 nitrogen and oxygen atoms in total. The molecule has 1 saturated heterocycles. The lowest BCUT2D eigenvalue weighted by Gasteiger charge is -2.18. The van der Waals surface area contributed by atoms with Crippen LogP contribution in [0.3, 0.4) is 0 Å². The maximum Gasteiger partial charge on any atom is 0.191 e. The van der Waals surface area contributed by atoms with Crippen molar-refractivity contribution < 1.29 is 9.47 Å². The maximum absolute atomic E-state index is 6.19. The van der Waals surface area contributed by atoms with Crippen molar-refractivity contribution in [2.24, 2.45) is 4.99 Å². The number of aryl methyl sites for hydroxylation is 1. The van der Waals surface area contributed by atoms with E-state index >= 15 is 0 Å². The Bertz CT molecular complexity index is 829. The largest absolute Gasteiger partial charge is 0.488 e. The summed E-state index contributed by atoms with van der Waals surface area (Å²) >= 11 is 0. The van der Waals surface area contributed by atoms with Crippen LogP contribution >= 0.6 is 0 Å². The summed E-state index contributed by atoms with van der Waals surface area (Å²) in [6.07, 6.45) is 1.08. The van der Waals surface area contributed by atoms with Gasteiger partial charge in [-0.15, -0.1) is 0 Å². The van der Waals surface area contributed by atoms with E-state index in [9.17, 15) is 0 Å². The summed E-state index contributed by atoms with van der Waals surface area (Å²) in [5.41, 5.74) is 4.69. The van der Waals surface area contributed by atoms with Gasteiger partial charge < -0.3 is 25.0 Å². The van der Waals surface area contributed by atoms with Gasteiger partial charge in [0.2, 0.25) is 0 Å². The first kappa shape index (κ1) is 21.0. The minimum atomic E-state index is 0.136. The van der Waals surface area contributed by atoms with Gasteiger partial charge in [0.15, 0.2) is 5.96 Å². The number of anilines is 1. The van der Waals surface area contributed by atoms with E-state index in [4.69, 9.17) is 9.47 Å². The predicted octanol–water partition coefficient (Wildman–Crippen LogP) is 3.09. The summed E-state index contributed by atoms with van der Waals surface area (Å²) in [5.74, 6) is 1.68. The van der Waals surface area contributed by atoms with Crippen LogP contribution in [0.5, 0.6) is 5.75 Å². The highest BCUT2D eigenvalue weighted by molar-refractivity contribution is 5.79. The van der Waals surface area contributed by atoms with Gasteiger partial charge >= 0.3 is 0 Å². The van der Waals surface area contributed by atoms with Crippen LogP contribution in [0.1, 0.15) is 23.1 Å². The fraction of sp³-hybridized carbons (Fsp3) is 0.435. The Kier molecular flexibility index (Phi) is 7.36. The van der Waals surface area contributed by atoms with E-state index in [-0.39, 0.29) is 6.10 Å². The lowest BCUT2D eigenvalue weighted by atomic mass is 10.1. The molecule has 1 unspecified atom stereocenters. The van der Waals surface area contributed by atoms with Gasteiger partial charge in [-0.25, -0.2) is 0 Å². The molecule has 3 rings (SSSR count). The zero-order valence-electron chi connectivity index (χ0n) is 17.9. The molecule has 1 aliphatic rings. The smallest absolute Gasteiger partial charge is 0.191 e. The van der Waals surface area contributed by atoms with Crippen LogP contribution in [0, 0.1) is 6.92 Å². The highest BCUT2D eigenvalue weighted by Crippen LogP contribution is 2.23. The Hall–Kier alpha value is -2.73. The molecule has 0 amide bonds. The van der Waals surface area contributed by atoms with Crippen molar-refractivity contribution in [3.8, 4) is 5.75 Å². The number of benzene rings is 2. The van der Waals surface area contributed by atoms with E-state index in [2.05, 4.69) is 69.9 Å². The molecule has 156 valence electrons. The summed E-state index contributed by atoms with van der Waals surface area (Å²) in [6.45, 7) is 4.86. The molecule has 0 spiro atoms. The second kappa shape index (κ2) is 10.2. The van der Waals surface area contributed by atoms with E-state index in [0.717, 1.165) is 30.3 Å². The molecule has 1 fully saturated rings. The van der Waals surface area contributed by atoms with Crippen LogP contribution in [-0.4, -0.2) is 46.4 Å². The Morgan fingerprint density at radius 1 is 1.17 bits per heavy atom. The van der Waals surface area contributed by atoms with Crippen molar-refractivity contribution in [1.82, 2.24) is 10.6 Å². The summed E-state index contributed by atoms with van der Waals surface area (Å²) in [5, 5.41) is 6.78. The average molecular weight is 397 g/mol. The minimum absolute atomic E-state index is 0.136. The molecule has 29 heavy (non-hydrogen) atoms. The molecule has 0 bridgehead atoms. The molecule has 0 saturated carbocycles. The van der Waals surface area contributed by atoms with E-state index in [0.29, 0.717) is 19.7 Å². The Morgan fingerprint density at radius 3 is 2.72 bits per heavy atom. The summed E-state index contributed by atoms with van der Waals surface area (Å²) in [4.78, 5) is 6.45. The minimum Gasteiger partial charge on any atom is -0.488 e. The normalized spacial score (nSPS) is 16.6. The molecule has 0 aliphatic carbocycles. The van der Waals surface area contributed by atoms with Gasteiger partial charge in [-0.1, -0.05) is 24.3 Å². The van der Waals surface area contributed by atoms with Crippen molar-refractivity contribution in [3.63, 3.8) is 0 Å². The zero-order chi connectivity index (χ0) is 20.6. The monoisotopic (exact) mass is 396 g/mol. The lowest BCUT2D eigenvalue weighted by Crippen LogP contribution is -2.36. The van der Waals surface area contributed by atoms with Gasteiger partial charge in [-0.2, -0.15) is 0 Å². The SMILES string of the molecule is CN=C(NCc1cccc(N(C)C)c1)NCc1ccc(C)cc1OC1CCOC1. The number of rotatable bonds is 7. The van der Waals surface area contributed by atoms with E-state index in [1.807, 2.05) is 14.1 Å².